The summed E-state index contributed by atoms with van der Waals surface area (Å²) in [6, 6.07) is 19.7. The monoisotopic (exact) mass is 644 g/mol. The number of fused-ring (bicyclic) bond motifs is 1. The second-order valence-electron chi connectivity index (χ2n) is 7.86. The van der Waals surface area contributed by atoms with Crippen LogP contribution in [0.15, 0.2) is 90.5 Å². The maximum atomic E-state index is 9.61. The quantitative estimate of drug-likeness (QED) is 0.122. The molecule has 0 aliphatic carbocycles. The van der Waals surface area contributed by atoms with E-state index in [0.717, 1.165) is 39.9 Å². The van der Waals surface area contributed by atoms with Crippen LogP contribution in [0.3, 0.4) is 0 Å². The molecule has 2 aromatic carbocycles. The van der Waals surface area contributed by atoms with Gasteiger partial charge in [-0.15, -0.1) is 35.4 Å². The molecule has 5 aromatic rings. The topological polar surface area (TPSA) is 72.4 Å². The Kier molecular flexibility index (Phi) is 7.37. The number of aliphatic hydroxyl groups excluding tert-OH is 1. The molecule has 0 unspecified atom stereocenters. The Morgan fingerprint density at radius 2 is 2.09 bits per heavy atom. The Morgan fingerprint density at radius 1 is 1.26 bits per heavy atom. The molecule has 0 bridgehead atoms. The first-order valence-corrected chi connectivity index (χ1v) is 10.8. The second kappa shape index (κ2) is 10.6. The van der Waals surface area contributed by atoms with Gasteiger partial charge in [0.25, 0.3) is 0 Å². The molecule has 0 amide bonds. The molecule has 3 aromatic heterocycles. The summed E-state index contributed by atoms with van der Waals surface area (Å²) in [4.78, 5) is 10.8. The molecule has 35 heavy (non-hydrogen) atoms. The smallest absolute Gasteiger partial charge is 0.179 e. The van der Waals surface area contributed by atoms with Crippen LogP contribution in [0.25, 0.3) is 27.9 Å². The average molecular weight is 645 g/mol. The Hall–Kier alpha value is -3.83. The summed E-state index contributed by atoms with van der Waals surface area (Å²) in [6.45, 7) is 0.437. The van der Waals surface area contributed by atoms with Crippen LogP contribution in [0.2, 0.25) is 0 Å². The van der Waals surface area contributed by atoms with Crippen molar-refractivity contribution in [3.8, 4) is 11.1 Å². The van der Waals surface area contributed by atoms with Crippen molar-refractivity contribution in [2.45, 2.75) is 0 Å². The van der Waals surface area contributed by atoms with Gasteiger partial charge in [-0.05, 0) is 30.6 Å². The molecule has 0 spiro atoms. The van der Waals surface area contributed by atoms with Gasteiger partial charge >= 0.3 is 0 Å². The number of aryl methyl sites for hydroxylation is 2. The summed E-state index contributed by atoms with van der Waals surface area (Å²) < 4.78 is 9.11. The van der Waals surface area contributed by atoms with Crippen molar-refractivity contribution in [1.29, 1.82) is 0 Å². The number of hydrogen-bond donors (Lipinski definition) is 1. The number of para-hydroxylation sites is 1. The Balaban J connectivity index is 0.00000289. The molecule has 7 nitrogen and oxygen atoms in total. The molecule has 0 fully saturated rings. The molecule has 8 heteroatoms. The van der Waals surface area contributed by atoms with Crippen molar-refractivity contribution >= 4 is 28.1 Å². The first-order chi connectivity index (χ1) is 16.7. The maximum Gasteiger partial charge on any atom is 0.179 e. The van der Waals surface area contributed by atoms with E-state index in [9.17, 15) is 5.11 Å². The summed E-state index contributed by atoms with van der Waals surface area (Å²) >= 11 is 0. The SMILES string of the molecule is Cn1cc(-c2[c-]c(N(C[C-]=C/C(=C/O)c3cocn3)c3ccccc3)ccc2)c2[n-]c[n+](C)c21.[Pt]. The van der Waals surface area contributed by atoms with E-state index in [4.69, 9.17) is 4.42 Å². The van der Waals surface area contributed by atoms with Gasteiger partial charge < -0.3 is 23.6 Å². The third-order valence-corrected chi connectivity index (χ3v) is 5.62. The van der Waals surface area contributed by atoms with Crippen LogP contribution in [0.4, 0.5) is 11.4 Å². The summed E-state index contributed by atoms with van der Waals surface area (Å²) in [5, 5.41) is 9.61. The van der Waals surface area contributed by atoms with Crippen molar-refractivity contribution < 1.29 is 35.2 Å². The first-order valence-electron chi connectivity index (χ1n) is 10.8. The van der Waals surface area contributed by atoms with E-state index < -0.39 is 0 Å². The molecule has 1 N–H and O–H groups in total. The largest absolute Gasteiger partial charge is 0.534 e. The van der Waals surface area contributed by atoms with E-state index in [0.29, 0.717) is 17.8 Å². The van der Waals surface area contributed by atoms with Crippen LogP contribution in [0, 0.1) is 12.1 Å². The molecule has 3 heterocycles. The molecule has 0 atom stereocenters. The number of hydrogen-bond acceptors (Lipinski definition) is 4. The van der Waals surface area contributed by atoms with Crippen molar-refractivity contribution in [2.75, 3.05) is 11.4 Å². The summed E-state index contributed by atoms with van der Waals surface area (Å²) in [5.74, 6) is 0. The normalized spacial score (nSPS) is 11.8. The standard InChI is InChI=1S/C27H23N5O2.Pt/c1-30-15-24(26-27(30)31(2)18-28-26)20-8-6-12-23(14-20)32(22-10-4-3-5-11-22)13-7-9-21(16-33)25-17-34-19-29-25;/h3-6,8-12,15-19,33H,13H2,1-2H3;/q-2;/b21-16-;. The maximum absolute atomic E-state index is 9.61. The molecule has 0 saturated heterocycles. The zero-order valence-corrected chi connectivity index (χ0v) is 21.5. The number of aliphatic hydroxyl groups is 1. The van der Waals surface area contributed by atoms with Crippen molar-refractivity contribution in [1.82, 2.24) is 14.5 Å². The minimum atomic E-state index is 0. The Labute approximate surface area is 217 Å². The second-order valence-corrected chi connectivity index (χ2v) is 7.86. The van der Waals surface area contributed by atoms with Crippen LogP contribution in [-0.2, 0) is 35.2 Å². The molecule has 0 aliphatic rings. The van der Waals surface area contributed by atoms with E-state index in [1.165, 1.54) is 12.7 Å². The van der Waals surface area contributed by atoms with Gasteiger partial charge in [-0.2, -0.15) is 0 Å². The van der Waals surface area contributed by atoms with Gasteiger partial charge in [0, 0.05) is 52.8 Å². The van der Waals surface area contributed by atoms with Gasteiger partial charge in [0.15, 0.2) is 6.39 Å². The zero-order chi connectivity index (χ0) is 23.5. The number of imidazole rings is 1. The fourth-order valence-electron chi connectivity index (χ4n) is 4.02. The van der Waals surface area contributed by atoms with E-state index >= 15 is 0 Å². The third kappa shape index (κ3) is 4.86. The molecule has 0 radical (unpaired) electrons. The molecular weight excluding hydrogens is 621 g/mol. The fraction of sp³-hybridized carbons (Fsp3) is 0.111. The number of allylic oxidation sites excluding steroid dienone is 2. The summed E-state index contributed by atoms with van der Waals surface area (Å²) in [5.41, 5.74) is 6.95. The zero-order valence-electron chi connectivity index (χ0n) is 19.2. The number of rotatable bonds is 7. The van der Waals surface area contributed by atoms with E-state index in [1.54, 1.807) is 6.08 Å². The minimum absolute atomic E-state index is 0. The van der Waals surface area contributed by atoms with E-state index in [2.05, 4.69) is 37.8 Å². The van der Waals surface area contributed by atoms with Gasteiger partial charge in [0.1, 0.15) is 11.9 Å². The molecule has 5 rings (SSSR count). The first kappa shape index (κ1) is 24.3. The Bertz CT molecular complexity index is 1470. The predicted octanol–water partition coefficient (Wildman–Crippen LogP) is 4.51. The third-order valence-electron chi connectivity index (χ3n) is 5.62. The minimum Gasteiger partial charge on any atom is -0.534 e. The van der Waals surface area contributed by atoms with Crippen LogP contribution in [0.5, 0.6) is 0 Å². The van der Waals surface area contributed by atoms with E-state index in [-0.39, 0.29) is 21.1 Å². The van der Waals surface area contributed by atoms with Gasteiger partial charge in [-0.25, -0.2) is 16.0 Å². The molecule has 0 saturated carbocycles. The van der Waals surface area contributed by atoms with Gasteiger partial charge in [-0.1, -0.05) is 23.8 Å². The summed E-state index contributed by atoms with van der Waals surface area (Å²) in [7, 11) is 4.02. The van der Waals surface area contributed by atoms with Crippen molar-refractivity contribution in [3.05, 3.63) is 104 Å². The van der Waals surface area contributed by atoms with Gasteiger partial charge in [-0.3, -0.25) is 6.08 Å². The summed E-state index contributed by atoms with van der Waals surface area (Å²) in [6.07, 6.45) is 12.7. The van der Waals surface area contributed by atoms with Crippen molar-refractivity contribution in [2.24, 2.45) is 14.1 Å². The van der Waals surface area contributed by atoms with Crippen LogP contribution >= 0.6 is 0 Å². The number of aromatic nitrogens is 4. The number of nitrogens with zero attached hydrogens (tertiary/aromatic N) is 5. The predicted molar refractivity (Wildman–Crippen MR) is 130 cm³/mol. The van der Waals surface area contributed by atoms with Gasteiger partial charge in [0.2, 0.25) is 0 Å². The number of benzene rings is 2. The fourth-order valence-corrected chi connectivity index (χ4v) is 4.02. The molecule has 180 valence electrons. The molecular formula is C27H23N5O2Pt-2. The van der Waals surface area contributed by atoms with Crippen molar-refractivity contribution in [3.63, 3.8) is 0 Å². The van der Waals surface area contributed by atoms with Crippen LogP contribution in [0.1, 0.15) is 5.69 Å². The average Bonchev–Trinajstić information content (AvgIpc) is 3.60. The number of oxazole rings is 1. The van der Waals surface area contributed by atoms with E-state index in [1.807, 2.05) is 73.5 Å². The molecule has 0 aliphatic heterocycles. The van der Waals surface area contributed by atoms with Gasteiger partial charge in [0.05, 0.1) is 11.8 Å². The Morgan fingerprint density at radius 3 is 2.83 bits per heavy atom. The number of anilines is 2. The van der Waals surface area contributed by atoms with Crippen LogP contribution < -0.4 is 14.5 Å². The van der Waals surface area contributed by atoms with Crippen LogP contribution in [-0.4, -0.2) is 21.2 Å².